The van der Waals surface area contributed by atoms with Gasteiger partial charge in [0.05, 0.1) is 5.92 Å². The van der Waals surface area contributed by atoms with Gasteiger partial charge in [-0.05, 0) is 36.5 Å². The SMILES string of the molecule is CC(CN(C(=O)COc1cccc(C(C)C)c1)C1CC1)C(=O)O. The van der Waals surface area contributed by atoms with Crippen molar-refractivity contribution in [3.8, 4) is 5.75 Å². The van der Waals surface area contributed by atoms with Crippen LogP contribution >= 0.6 is 0 Å². The van der Waals surface area contributed by atoms with Crippen LogP contribution in [-0.4, -0.2) is 41.1 Å². The van der Waals surface area contributed by atoms with Crippen LogP contribution in [0.25, 0.3) is 0 Å². The third kappa shape index (κ3) is 4.98. The summed E-state index contributed by atoms with van der Waals surface area (Å²) in [7, 11) is 0. The van der Waals surface area contributed by atoms with E-state index in [9.17, 15) is 9.59 Å². The third-order valence-corrected chi connectivity index (χ3v) is 4.09. The van der Waals surface area contributed by atoms with Crippen molar-refractivity contribution in [1.29, 1.82) is 0 Å². The number of carbonyl (C=O) groups is 2. The summed E-state index contributed by atoms with van der Waals surface area (Å²) in [5, 5.41) is 9.04. The second-order valence-electron chi connectivity index (χ2n) is 6.53. The molecule has 0 aromatic heterocycles. The summed E-state index contributed by atoms with van der Waals surface area (Å²) in [6.45, 7) is 6.02. The number of hydrogen-bond acceptors (Lipinski definition) is 3. The highest BCUT2D eigenvalue weighted by Gasteiger charge is 2.34. The van der Waals surface area contributed by atoms with Gasteiger partial charge in [-0.2, -0.15) is 0 Å². The molecular weight excluding hydrogens is 294 g/mol. The number of carboxylic acids is 1. The number of rotatable bonds is 8. The fourth-order valence-electron chi connectivity index (χ4n) is 2.41. The Kier molecular flexibility index (Phi) is 5.64. The molecule has 1 saturated carbocycles. The molecule has 126 valence electrons. The molecule has 1 fully saturated rings. The minimum atomic E-state index is -0.881. The first-order chi connectivity index (χ1) is 10.9. The quantitative estimate of drug-likeness (QED) is 0.800. The summed E-state index contributed by atoms with van der Waals surface area (Å²) >= 11 is 0. The molecule has 0 radical (unpaired) electrons. The number of carbonyl (C=O) groups excluding carboxylic acids is 1. The van der Waals surface area contributed by atoms with Gasteiger partial charge in [0.15, 0.2) is 6.61 Å². The van der Waals surface area contributed by atoms with Crippen molar-refractivity contribution < 1.29 is 19.4 Å². The smallest absolute Gasteiger partial charge is 0.308 e. The number of aliphatic carboxylic acids is 1. The van der Waals surface area contributed by atoms with Gasteiger partial charge in [-0.25, -0.2) is 0 Å². The maximum Gasteiger partial charge on any atom is 0.308 e. The van der Waals surface area contributed by atoms with Crippen LogP contribution in [0.3, 0.4) is 0 Å². The Bertz CT molecular complexity index is 566. The first-order valence-electron chi connectivity index (χ1n) is 8.13. The Morgan fingerprint density at radius 3 is 2.57 bits per heavy atom. The van der Waals surface area contributed by atoms with Crippen molar-refractivity contribution in [2.45, 2.75) is 45.6 Å². The largest absolute Gasteiger partial charge is 0.484 e. The second-order valence-corrected chi connectivity index (χ2v) is 6.53. The maximum atomic E-state index is 12.4. The zero-order chi connectivity index (χ0) is 17.0. The van der Waals surface area contributed by atoms with Crippen LogP contribution in [0.4, 0.5) is 0 Å². The van der Waals surface area contributed by atoms with E-state index in [2.05, 4.69) is 13.8 Å². The van der Waals surface area contributed by atoms with Gasteiger partial charge in [0.2, 0.25) is 0 Å². The fourth-order valence-corrected chi connectivity index (χ4v) is 2.41. The Balaban J connectivity index is 1.94. The van der Waals surface area contributed by atoms with Crippen molar-refractivity contribution in [3.05, 3.63) is 29.8 Å². The van der Waals surface area contributed by atoms with Crippen molar-refractivity contribution in [2.24, 2.45) is 5.92 Å². The number of nitrogens with zero attached hydrogens (tertiary/aromatic N) is 1. The van der Waals surface area contributed by atoms with Gasteiger partial charge in [-0.1, -0.05) is 32.9 Å². The highest BCUT2D eigenvalue weighted by atomic mass is 16.5. The predicted molar refractivity (Wildman–Crippen MR) is 87.6 cm³/mol. The Labute approximate surface area is 137 Å². The van der Waals surface area contributed by atoms with Crippen molar-refractivity contribution >= 4 is 11.9 Å². The van der Waals surface area contributed by atoms with Gasteiger partial charge in [-0.3, -0.25) is 9.59 Å². The Morgan fingerprint density at radius 1 is 1.30 bits per heavy atom. The molecule has 1 unspecified atom stereocenters. The van der Waals surface area contributed by atoms with E-state index in [1.165, 1.54) is 0 Å². The summed E-state index contributed by atoms with van der Waals surface area (Å²) in [5.74, 6) is -0.520. The van der Waals surface area contributed by atoms with Crippen LogP contribution in [0.1, 0.15) is 45.1 Å². The minimum Gasteiger partial charge on any atom is -0.484 e. The molecule has 1 N–H and O–H groups in total. The number of benzene rings is 1. The topological polar surface area (TPSA) is 66.8 Å². The zero-order valence-electron chi connectivity index (χ0n) is 14.0. The first kappa shape index (κ1) is 17.3. The molecule has 1 aromatic carbocycles. The van der Waals surface area contributed by atoms with Crippen LogP contribution in [0.5, 0.6) is 5.75 Å². The average Bonchev–Trinajstić information content (AvgIpc) is 3.34. The molecule has 5 nitrogen and oxygen atoms in total. The molecule has 2 rings (SSSR count). The highest BCUT2D eigenvalue weighted by Crippen LogP contribution is 2.28. The Morgan fingerprint density at radius 2 is 2.00 bits per heavy atom. The van der Waals surface area contributed by atoms with Crippen LogP contribution in [0.2, 0.25) is 0 Å². The van der Waals surface area contributed by atoms with E-state index in [0.717, 1.165) is 18.4 Å². The van der Waals surface area contributed by atoms with Crippen molar-refractivity contribution in [3.63, 3.8) is 0 Å². The number of ether oxygens (including phenoxy) is 1. The number of carboxylic acid groups (broad SMARTS) is 1. The van der Waals surface area contributed by atoms with Crippen LogP contribution in [0, 0.1) is 5.92 Å². The van der Waals surface area contributed by atoms with Gasteiger partial charge in [0, 0.05) is 12.6 Å². The summed E-state index contributed by atoms with van der Waals surface area (Å²) in [6, 6.07) is 7.90. The van der Waals surface area contributed by atoms with Gasteiger partial charge in [0.1, 0.15) is 5.75 Å². The van der Waals surface area contributed by atoms with Gasteiger partial charge in [-0.15, -0.1) is 0 Å². The molecule has 1 aliphatic rings. The monoisotopic (exact) mass is 319 g/mol. The molecular formula is C18H25NO4. The predicted octanol–water partition coefficient (Wildman–Crippen LogP) is 2.90. The average molecular weight is 319 g/mol. The van der Waals surface area contributed by atoms with Crippen LogP contribution in [0.15, 0.2) is 24.3 Å². The van der Waals surface area contributed by atoms with E-state index in [0.29, 0.717) is 11.7 Å². The fraction of sp³-hybridized carbons (Fsp3) is 0.556. The molecule has 0 saturated heterocycles. The molecule has 5 heteroatoms. The molecule has 0 bridgehead atoms. The van der Waals surface area contributed by atoms with Gasteiger partial charge in [0.25, 0.3) is 5.91 Å². The molecule has 0 heterocycles. The zero-order valence-corrected chi connectivity index (χ0v) is 14.0. The second kappa shape index (κ2) is 7.49. The van der Waals surface area contributed by atoms with Crippen molar-refractivity contribution in [2.75, 3.05) is 13.2 Å². The lowest BCUT2D eigenvalue weighted by molar-refractivity contribution is -0.143. The standard InChI is InChI=1S/C18H25NO4/c1-12(2)14-5-4-6-16(9-14)23-11-17(20)19(15-7-8-15)10-13(3)18(21)22/h4-6,9,12-13,15H,7-8,10-11H2,1-3H3,(H,21,22). The van der Waals surface area contributed by atoms with Crippen LogP contribution in [-0.2, 0) is 9.59 Å². The highest BCUT2D eigenvalue weighted by molar-refractivity contribution is 5.79. The summed E-state index contributed by atoms with van der Waals surface area (Å²) in [6.07, 6.45) is 1.89. The lowest BCUT2D eigenvalue weighted by atomic mass is 10.0. The molecule has 0 aliphatic heterocycles. The molecule has 1 aliphatic carbocycles. The molecule has 23 heavy (non-hydrogen) atoms. The van der Waals surface area contributed by atoms with Gasteiger partial charge < -0.3 is 14.7 Å². The molecule has 0 spiro atoms. The van der Waals surface area contributed by atoms with Gasteiger partial charge >= 0.3 is 5.97 Å². The summed E-state index contributed by atoms with van der Waals surface area (Å²) in [5.41, 5.74) is 1.16. The normalized spacial score (nSPS) is 15.3. The Hall–Kier alpha value is -2.04. The van der Waals surface area contributed by atoms with Crippen LogP contribution < -0.4 is 4.74 Å². The van der Waals surface area contributed by atoms with E-state index >= 15 is 0 Å². The third-order valence-electron chi connectivity index (χ3n) is 4.09. The lowest BCUT2D eigenvalue weighted by Crippen LogP contribution is -2.41. The first-order valence-corrected chi connectivity index (χ1v) is 8.13. The van der Waals surface area contributed by atoms with E-state index in [1.54, 1.807) is 11.8 Å². The molecule has 1 atom stereocenters. The molecule has 1 aromatic rings. The van der Waals surface area contributed by atoms with E-state index in [1.807, 2.05) is 24.3 Å². The minimum absolute atomic E-state index is 0.0512. The summed E-state index contributed by atoms with van der Waals surface area (Å²) in [4.78, 5) is 25.1. The lowest BCUT2D eigenvalue weighted by Gasteiger charge is -2.24. The maximum absolute atomic E-state index is 12.4. The van der Waals surface area contributed by atoms with E-state index in [4.69, 9.17) is 9.84 Å². The number of amides is 1. The van der Waals surface area contributed by atoms with E-state index in [-0.39, 0.29) is 25.1 Å². The van der Waals surface area contributed by atoms with Crippen molar-refractivity contribution in [1.82, 2.24) is 4.90 Å². The molecule has 1 amide bonds. The van der Waals surface area contributed by atoms with E-state index < -0.39 is 11.9 Å². The number of hydrogen-bond donors (Lipinski definition) is 1. The summed E-state index contributed by atoms with van der Waals surface area (Å²) < 4.78 is 5.62.